The number of hydrogen-bond acceptors (Lipinski definition) is 6. The number of benzene rings is 3. The summed E-state index contributed by atoms with van der Waals surface area (Å²) in [5.41, 5.74) is 5.37. The SMILES string of the molecule is O=C1/C(=C\c2ccc(N3N=C(c4ccccc4)C[C@H]3c3ccccc3)cc2)SC(=S)N1Cc1ccco1. The van der Waals surface area contributed by atoms with Crippen molar-refractivity contribution >= 4 is 51.7 Å². The van der Waals surface area contributed by atoms with Gasteiger partial charge in [0.1, 0.15) is 10.1 Å². The van der Waals surface area contributed by atoms with Gasteiger partial charge >= 0.3 is 0 Å². The van der Waals surface area contributed by atoms with E-state index in [2.05, 4.69) is 53.5 Å². The van der Waals surface area contributed by atoms with Crippen LogP contribution in [0.1, 0.15) is 34.9 Å². The van der Waals surface area contributed by atoms with E-state index in [1.165, 1.54) is 17.3 Å². The van der Waals surface area contributed by atoms with Crippen LogP contribution in [0, 0.1) is 0 Å². The van der Waals surface area contributed by atoms with Gasteiger partial charge in [0, 0.05) is 6.42 Å². The lowest BCUT2D eigenvalue weighted by molar-refractivity contribution is -0.122. The molecule has 0 radical (unpaired) electrons. The standard InChI is InChI=1S/C30H23N3O2S2/c34-29-28(37-30(36)32(29)20-25-12-7-17-35-25)18-21-13-15-24(16-14-21)33-27(23-10-5-2-6-11-23)19-26(31-33)22-8-3-1-4-9-22/h1-18,27H,19-20H2/b28-18+/t27-/m0/s1. The average Bonchev–Trinajstić information content (AvgIpc) is 3.68. The van der Waals surface area contributed by atoms with Crippen LogP contribution in [0.3, 0.4) is 0 Å². The van der Waals surface area contributed by atoms with Crippen LogP contribution in [-0.4, -0.2) is 20.8 Å². The quantitative estimate of drug-likeness (QED) is 0.201. The molecule has 0 N–H and O–H groups in total. The molecule has 0 unspecified atom stereocenters. The topological polar surface area (TPSA) is 49.1 Å². The van der Waals surface area contributed by atoms with Gasteiger partial charge in [-0.1, -0.05) is 96.8 Å². The number of carbonyl (C=O) groups is 1. The van der Waals surface area contributed by atoms with E-state index in [0.29, 0.717) is 21.5 Å². The Kier molecular flexibility index (Phi) is 6.47. The van der Waals surface area contributed by atoms with Crippen molar-refractivity contribution in [1.82, 2.24) is 4.90 Å². The Balaban J connectivity index is 1.25. The van der Waals surface area contributed by atoms with Crippen LogP contribution in [0.2, 0.25) is 0 Å². The summed E-state index contributed by atoms with van der Waals surface area (Å²) in [5.74, 6) is 0.604. The Labute approximate surface area is 225 Å². The van der Waals surface area contributed by atoms with Crippen molar-refractivity contribution in [1.29, 1.82) is 0 Å². The second-order valence-corrected chi connectivity index (χ2v) is 10.5. The van der Waals surface area contributed by atoms with Crippen LogP contribution < -0.4 is 5.01 Å². The first kappa shape index (κ1) is 23.5. The normalized spacial score (nSPS) is 18.6. The zero-order valence-corrected chi connectivity index (χ0v) is 21.5. The van der Waals surface area contributed by atoms with Crippen molar-refractivity contribution in [2.45, 2.75) is 19.0 Å². The van der Waals surface area contributed by atoms with Gasteiger partial charge in [-0.25, -0.2) is 0 Å². The van der Waals surface area contributed by atoms with Gasteiger partial charge in [-0.2, -0.15) is 5.10 Å². The minimum Gasteiger partial charge on any atom is -0.467 e. The van der Waals surface area contributed by atoms with E-state index in [1.807, 2.05) is 48.5 Å². The molecule has 0 saturated carbocycles. The van der Waals surface area contributed by atoms with Gasteiger partial charge in [0.25, 0.3) is 5.91 Å². The van der Waals surface area contributed by atoms with Gasteiger partial charge in [-0.05, 0) is 47.0 Å². The first-order chi connectivity index (χ1) is 18.2. The molecule has 1 fully saturated rings. The van der Waals surface area contributed by atoms with Crippen molar-refractivity contribution in [3.8, 4) is 0 Å². The largest absolute Gasteiger partial charge is 0.467 e. The molecule has 5 nitrogen and oxygen atoms in total. The Hall–Kier alpha value is -3.94. The lowest BCUT2D eigenvalue weighted by Crippen LogP contribution is -2.27. The maximum atomic E-state index is 13.0. The second-order valence-electron chi connectivity index (χ2n) is 8.83. The molecule has 1 aromatic heterocycles. The van der Waals surface area contributed by atoms with E-state index in [0.717, 1.165) is 28.9 Å². The molecule has 2 aliphatic rings. The molecule has 1 amide bonds. The van der Waals surface area contributed by atoms with E-state index in [1.54, 1.807) is 17.2 Å². The van der Waals surface area contributed by atoms with Crippen LogP contribution in [0.25, 0.3) is 6.08 Å². The number of nitrogens with zero attached hydrogens (tertiary/aromatic N) is 3. The number of hydrogen-bond donors (Lipinski definition) is 0. The summed E-state index contributed by atoms with van der Waals surface area (Å²) in [6.07, 6.45) is 4.32. The van der Waals surface area contributed by atoms with Crippen LogP contribution >= 0.6 is 24.0 Å². The molecule has 6 rings (SSSR count). The fraction of sp³-hybridized carbons (Fsp3) is 0.100. The summed E-state index contributed by atoms with van der Waals surface area (Å²) in [6.45, 7) is 0.339. The lowest BCUT2D eigenvalue weighted by atomic mass is 9.98. The number of rotatable bonds is 6. The molecule has 3 aromatic carbocycles. The number of anilines is 1. The molecule has 7 heteroatoms. The number of hydrazone groups is 1. The monoisotopic (exact) mass is 521 g/mol. The third-order valence-corrected chi connectivity index (χ3v) is 7.80. The minimum atomic E-state index is -0.101. The maximum Gasteiger partial charge on any atom is 0.266 e. The van der Waals surface area contributed by atoms with Crippen molar-refractivity contribution in [3.63, 3.8) is 0 Å². The summed E-state index contributed by atoms with van der Waals surface area (Å²) in [5, 5.41) is 7.13. The van der Waals surface area contributed by atoms with Crippen LogP contribution in [0.15, 0.2) is 118 Å². The summed E-state index contributed by atoms with van der Waals surface area (Å²) in [7, 11) is 0. The van der Waals surface area contributed by atoms with E-state index in [4.69, 9.17) is 21.7 Å². The lowest BCUT2D eigenvalue weighted by Gasteiger charge is -2.24. The molecule has 0 bridgehead atoms. The molecule has 3 heterocycles. The number of furan rings is 1. The predicted octanol–water partition coefficient (Wildman–Crippen LogP) is 7.04. The molecule has 182 valence electrons. The molecule has 1 saturated heterocycles. The van der Waals surface area contributed by atoms with Gasteiger partial charge < -0.3 is 4.42 Å². The number of thiocarbonyl (C=S) groups is 1. The first-order valence-corrected chi connectivity index (χ1v) is 13.2. The third-order valence-electron chi connectivity index (χ3n) is 6.42. The van der Waals surface area contributed by atoms with E-state index in [9.17, 15) is 4.79 Å². The summed E-state index contributed by atoms with van der Waals surface area (Å²) in [4.78, 5) is 15.2. The number of carbonyl (C=O) groups excluding carboxylic acids is 1. The highest BCUT2D eigenvalue weighted by molar-refractivity contribution is 8.26. The average molecular weight is 522 g/mol. The molecule has 4 aromatic rings. The molecule has 1 atom stereocenters. The molecule has 0 aliphatic carbocycles. The van der Waals surface area contributed by atoms with Gasteiger partial charge in [0.05, 0.1) is 35.2 Å². The smallest absolute Gasteiger partial charge is 0.266 e. The zero-order valence-electron chi connectivity index (χ0n) is 19.9. The van der Waals surface area contributed by atoms with Crippen molar-refractivity contribution < 1.29 is 9.21 Å². The van der Waals surface area contributed by atoms with Crippen LogP contribution in [0.5, 0.6) is 0 Å². The molecule has 2 aliphatic heterocycles. The second kappa shape index (κ2) is 10.2. The summed E-state index contributed by atoms with van der Waals surface area (Å²) >= 11 is 6.77. The first-order valence-electron chi connectivity index (χ1n) is 12.0. The summed E-state index contributed by atoms with van der Waals surface area (Å²) in [6, 6.07) is 32.7. The Bertz CT molecular complexity index is 1480. The van der Waals surface area contributed by atoms with Crippen molar-refractivity contribution in [2.24, 2.45) is 5.10 Å². The van der Waals surface area contributed by atoms with Gasteiger partial charge in [-0.15, -0.1) is 0 Å². The Morgan fingerprint density at radius 2 is 1.68 bits per heavy atom. The molecule has 0 spiro atoms. The Morgan fingerprint density at radius 1 is 0.946 bits per heavy atom. The van der Waals surface area contributed by atoms with Crippen LogP contribution in [0.4, 0.5) is 5.69 Å². The minimum absolute atomic E-state index is 0.101. The zero-order chi connectivity index (χ0) is 25.2. The Morgan fingerprint density at radius 3 is 2.38 bits per heavy atom. The fourth-order valence-electron chi connectivity index (χ4n) is 4.56. The van der Waals surface area contributed by atoms with Gasteiger partial charge in [0.2, 0.25) is 0 Å². The predicted molar refractivity (Wildman–Crippen MR) is 153 cm³/mol. The highest BCUT2D eigenvalue weighted by Gasteiger charge is 2.33. The highest BCUT2D eigenvalue weighted by Crippen LogP contribution is 2.38. The van der Waals surface area contributed by atoms with E-state index in [-0.39, 0.29) is 11.9 Å². The van der Waals surface area contributed by atoms with Gasteiger partial charge in [0.15, 0.2) is 0 Å². The van der Waals surface area contributed by atoms with Crippen LogP contribution in [-0.2, 0) is 11.3 Å². The maximum absolute atomic E-state index is 13.0. The summed E-state index contributed by atoms with van der Waals surface area (Å²) < 4.78 is 5.92. The highest BCUT2D eigenvalue weighted by atomic mass is 32.2. The van der Waals surface area contributed by atoms with Crippen molar-refractivity contribution in [3.05, 3.63) is 131 Å². The molecule has 37 heavy (non-hydrogen) atoms. The fourth-order valence-corrected chi connectivity index (χ4v) is 5.81. The van der Waals surface area contributed by atoms with E-state index >= 15 is 0 Å². The van der Waals surface area contributed by atoms with Gasteiger partial charge in [-0.3, -0.25) is 14.7 Å². The van der Waals surface area contributed by atoms with Crippen molar-refractivity contribution in [2.75, 3.05) is 5.01 Å². The number of thioether (sulfide) groups is 1. The molecular formula is C30H23N3O2S2. The third kappa shape index (κ3) is 4.88. The number of amides is 1. The van der Waals surface area contributed by atoms with E-state index < -0.39 is 0 Å². The molecular weight excluding hydrogens is 498 g/mol.